The molecule has 2 aromatic carbocycles. The van der Waals surface area contributed by atoms with Crippen molar-refractivity contribution in [1.29, 1.82) is 0 Å². The van der Waals surface area contributed by atoms with E-state index >= 15 is 0 Å². The first-order valence-corrected chi connectivity index (χ1v) is 6.81. The van der Waals surface area contributed by atoms with Crippen molar-refractivity contribution in [2.45, 2.75) is 6.54 Å². The van der Waals surface area contributed by atoms with Crippen LogP contribution in [0.3, 0.4) is 0 Å². The molecule has 3 rings (SSSR count). The first-order chi connectivity index (χ1) is 10.1. The largest absolute Gasteiger partial charge is 0.379 e. The van der Waals surface area contributed by atoms with Crippen LogP contribution in [0.5, 0.6) is 0 Å². The minimum absolute atomic E-state index is 0.172. The van der Waals surface area contributed by atoms with Crippen molar-refractivity contribution in [1.82, 2.24) is 4.98 Å². The highest BCUT2D eigenvalue weighted by molar-refractivity contribution is 6.33. The number of hydrogen-bond acceptors (Lipinski definition) is 2. The lowest BCUT2D eigenvalue weighted by molar-refractivity contribution is 0.628. The molecule has 3 aromatic rings. The maximum absolute atomic E-state index is 13.2. The van der Waals surface area contributed by atoms with E-state index in [1.807, 2.05) is 30.3 Å². The number of H-pyrrole nitrogens is 1. The van der Waals surface area contributed by atoms with Crippen LogP contribution >= 0.6 is 11.6 Å². The molecule has 0 aliphatic carbocycles. The summed E-state index contributed by atoms with van der Waals surface area (Å²) in [5.74, 6) is -0.380. The summed E-state index contributed by atoms with van der Waals surface area (Å²) >= 11 is 5.98. The molecule has 106 valence electrons. The highest BCUT2D eigenvalue weighted by atomic mass is 35.5. The molecular weight excluding hydrogens is 291 g/mol. The van der Waals surface area contributed by atoms with E-state index in [4.69, 9.17) is 11.6 Å². The predicted molar refractivity (Wildman–Crippen MR) is 83.3 cm³/mol. The van der Waals surface area contributed by atoms with E-state index in [-0.39, 0.29) is 17.9 Å². The zero-order valence-corrected chi connectivity index (χ0v) is 11.7. The SMILES string of the molecule is O=c1[nH]c2ccccc2cc1CNc1cc(F)ccc1Cl. The van der Waals surface area contributed by atoms with Gasteiger partial charge in [-0.3, -0.25) is 4.79 Å². The predicted octanol–water partition coefficient (Wildman–Crippen LogP) is 3.93. The monoisotopic (exact) mass is 302 g/mol. The summed E-state index contributed by atoms with van der Waals surface area (Å²) < 4.78 is 13.2. The number of anilines is 1. The number of fused-ring (bicyclic) bond motifs is 1. The Bertz CT molecular complexity index is 860. The molecule has 0 amide bonds. The summed E-state index contributed by atoms with van der Waals surface area (Å²) in [6.07, 6.45) is 0. The van der Waals surface area contributed by atoms with Crippen molar-refractivity contribution >= 4 is 28.2 Å². The Hall–Kier alpha value is -2.33. The van der Waals surface area contributed by atoms with Crippen molar-refractivity contribution in [3.05, 3.63) is 75.3 Å². The van der Waals surface area contributed by atoms with E-state index in [9.17, 15) is 9.18 Å². The van der Waals surface area contributed by atoms with Crippen LogP contribution in [-0.2, 0) is 6.54 Å². The number of pyridine rings is 1. The smallest absolute Gasteiger partial charge is 0.253 e. The van der Waals surface area contributed by atoms with Crippen LogP contribution in [0.25, 0.3) is 10.9 Å². The van der Waals surface area contributed by atoms with E-state index in [1.54, 1.807) is 0 Å². The van der Waals surface area contributed by atoms with Gasteiger partial charge in [0.05, 0.1) is 10.7 Å². The molecule has 0 radical (unpaired) electrons. The van der Waals surface area contributed by atoms with Crippen LogP contribution in [0.4, 0.5) is 10.1 Å². The quantitative estimate of drug-likeness (QED) is 0.770. The average Bonchev–Trinajstić information content (AvgIpc) is 2.48. The Morgan fingerprint density at radius 1 is 1.14 bits per heavy atom. The van der Waals surface area contributed by atoms with Crippen molar-refractivity contribution in [2.75, 3.05) is 5.32 Å². The molecule has 3 nitrogen and oxygen atoms in total. The van der Waals surface area contributed by atoms with Gasteiger partial charge in [-0.05, 0) is 35.7 Å². The van der Waals surface area contributed by atoms with Gasteiger partial charge in [-0.1, -0.05) is 29.8 Å². The number of para-hydroxylation sites is 1. The molecule has 0 unspecified atom stereocenters. The van der Waals surface area contributed by atoms with Gasteiger partial charge in [-0.25, -0.2) is 4.39 Å². The van der Waals surface area contributed by atoms with Crippen molar-refractivity contribution in [3.8, 4) is 0 Å². The lowest BCUT2D eigenvalue weighted by Gasteiger charge is -2.09. The molecule has 0 aliphatic heterocycles. The highest BCUT2D eigenvalue weighted by Crippen LogP contribution is 2.23. The molecule has 0 fully saturated rings. The second-order valence-corrected chi connectivity index (χ2v) is 5.10. The molecule has 21 heavy (non-hydrogen) atoms. The van der Waals surface area contributed by atoms with Gasteiger partial charge in [0.2, 0.25) is 0 Å². The van der Waals surface area contributed by atoms with E-state index in [1.165, 1.54) is 18.2 Å². The fraction of sp³-hybridized carbons (Fsp3) is 0.0625. The van der Waals surface area contributed by atoms with Gasteiger partial charge < -0.3 is 10.3 Å². The Kier molecular flexibility index (Phi) is 3.62. The van der Waals surface area contributed by atoms with Crippen molar-refractivity contribution in [2.24, 2.45) is 0 Å². The van der Waals surface area contributed by atoms with Gasteiger partial charge in [0.25, 0.3) is 5.56 Å². The Labute approximate surface area is 125 Å². The lowest BCUT2D eigenvalue weighted by Crippen LogP contribution is -2.15. The number of aromatic amines is 1. The third-order valence-electron chi connectivity index (χ3n) is 3.23. The molecule has 0 spiro atoms. The second-order valence-electron chi connectivity index (χ2n) is 4.69. The topological polar surface area (TPSA) is 44.9 Å². The number of halogens is 2. The second kappa shape index (κ2) is 5.58. The van der Waals surface area contributed by atoms with Crippen LogP contribution in [0.1, 0.15) is 5.56 Å². The Morgan fingerprint density at radius 3 is 2.81 bits per heavy atom. The third kappa shape index (κ3) is 2.90. The van der Waals surface area contributed by atoms with Gasteiger partial charge in [0.15, 0.2) is 0 Å². The molecular formula is C16H12ClFN2O. The molecule has 0 saturated carbocycles. The van der Waals surface area contributed by atoms with Gasteiger partial charge in [-0.15, -0.1) is 0 Å². The van der Waals surface area contributed by atoms with Crippen molar-refractivity contribution in [3.63, 3.8) is 0 Å². The van der Waals surface area contributed by atoms with E-state index < -0.39 is 0 Å². The zero-order chi connectivity index (χ0) is 14.8. The fourth-order valence-electron chi connectivity index (χ4n) is 2.15. The standard InChI is InChI=1S/C16H12ClFN2O/c17-13-6-5-12(18)8-15(13)19-9-11-7-10-3-1-2-4-14(10)20-16(11)21/h1-8,19H,9H2,(H,20,21). The van der Waals surface area contributed by atoms with Gasteiger partial charge >= 0.3 is 0 Å². The molecule has 0 aliphatic rings. The lowest BCUT2D eigenvalue weighted by atomic mass is 10.1. The zero-order valence-electron chi connectivity index (χ0n) is 11.0. The third-order valence-corrected chi connectivity index (χ3v) is 3.56. The van der Waals surface area contributed by atoms with Crippen molar-refractivity contribution < 1.29 is 4.39 Å². The minimum Gasteiger partial charge on any atom is -0.379 e. The van der Waals surface area contributed by atoms with Crippen LogP contribution in [-0.4, -0.2) is 4.98 Å². The average molecular weight is 303 g/mol. The van der Waals surface area contributed by atoms with Crippen LogP contribution < -0.4 is 10.9 Å². The number of benzene rings is 2. The molecule has 0 atom stereocenters. The maximum Gasteiger partial charge on any atom is 0.253 e. The maximum atomic E-state index is 13.2. The number of aromatic nitrogens is 1. The van der Waals surface area contributed by atoms with Gasteiger partial charge in [0, 0.05) is 17.6 Å². The fourth-order valence-corrected chi connectivity index (χ4v) is 2.33. The Balaban J connectivity index is 1.90. The van der Waals surface area contributed by atoms with E-state index in [0.29, 0.717) is 16.3 Å². The highest BCUT2D eigenvalue weighted by Gasteiger charge is 2.05. The van der Waals surface area contributed by atoms with Crippen LogP contribution in [0.15, 0.2) is 53.3 Å². The molecule has 0 bridgehead atoms. The molecule has 1 heterocycles. The summed E-state index contributed by atoms with van der Waals surface area (Å²) in [4.78, 5) is 14.8. The van der Waals surface area contributed by atoms with E-state index in [2.05, 4.69) is 10.3 Å². The molecule has 5 heteroatoms. The van der Waals surface area contributed by atoms with E-state index in [0.717, 1.165) is 10.9 Å². The summed E-state index contributed by atoms with van der Waals surface area (Å²) in [5.41, 5.74) is 1.64. The summed E-state index contributed by atoms with van der Waals surface area (Å²) in [6.45, 7) is 0.267. The molecule has 0 saturated heterocycles. The summed E-state index contributed by atoms with van der Waals surface area (Å²) in [5, 5.41) is 4.34. The summed E-state index contributed by atoms with van der Waals surface area (Å²) in [7, 11) is 0. The normalized spacial score (nSPS) is 10.8. The molecule has 1 aromatic heterocycles. The number of nitrogens with one attached hydrogen (secondary N) is 2. The molecule has 2 N–H and O–H groups in total. The number of rotatable bonds is 3. The first-order valence-electron chi connectivity index (χ1n) is 6.43. The van der Waals surface area contributed by atoms with Crippen LogP contribution in [0.2, 0.25) is 5.02 Å². The minimum atomic E-state index is -0.380. The van der Waals surface area contributed by atoms with Crippen LogP contribution in [0, 0.1) is 5.82 Å². The Morgan fingerprint density at radius 2 is 1.95 bits per heavy atom. The number of hydrogen-bond donors (Lipinski definition) is 2. The van der Waals surface area contributed by atoms with Gasteiger partial charge in [-0.2, -0.15) is 0 Å². The summed E-state index contributed by atoms with van der Waals surface area (Å²) in [6, 6.07) is 13.4. The van der Waals surface area contributed by atoms with Gasteiger partial charge in [0.1, 0.15) is 5.82 Å². The first kappa shape index (κ1) is 13.6.